The number of amides is 1. The van der Waals surface area contributed by atoms with Gasteiger partial charge in [0, 0.05) is 7.05 Å². The average Bonchev–Trinajstić information content (AvgIpc) is 3.43. The molecule has 0 spiro atoms. The number of benzene rings is 2. The highest BCUT2D eigenvalue weighted by molar-refractivity contribution is 7.91. The summed E-state index contributed by atoms with van der Waals surface area (Å²) in [6.45, 7) is 4.08. The average molecular weight is 486 g/mol. The smallest absolute Gasteiger partial charge is 0.252 e. The quantitative estimate of drug-likeness (QED) is 0.376. The lowest BCUT2D eigenvalue weighted by atomic mass is 10.1. The highest BCUT2D eigenvalue weighted by atomic mass is 32.2. The van der Waals surface area contributed by atoms with Crippen molar-refractivity contribution in [2.75, 3.05) is 18.5 Å². The van der Waals surface area contributed by atoms with Gasteiger partial charge < -0.3 is 0 Å². The fourth-order valence-corrected chi connectivity index (χ4v) is 6.79. The number of thiophene rings is 1. The number of likely N-dealkylation sites (N-methyl/N-ethyl adjacent to an activating group) is 1. The van der Waals surface area contributed by atoms with E-state index in [1.807, 2.05) is 50.2 Å². The first kappa shape index (κ1) is 22.6. The van der Waals surface area contributed by atoms with Crippen LogP contribution >= 0.6 is 22.7 Å². The maximum absolute atomic E-state index is 13.4. The summed E-state index contributed by atoms with van der Waals surface area (Å²) in [5, 5.41) is 2.26. The number of thiazole rings is 1. The Kier molecular flexibility index (Phi) is 6.43. The Morgan fingerprint density at radius 1 is 1.06 bits per heavy atom. The van der Waals surface area contributed by atoms with E-state index in [1.165, 1.54) is 18.4 Å². The molecule has 9 heteroatoms. The lowest BCUT2D eigenvalue weighted by molar-refractivity contribution is -0.118. The van der Waals surface area contributed by atoms with Crippen molar-refractivity contribution in [2.45, 2.75) is 24.6 Å². The van der Waals surface area contributed by atoms with Gasteiger partial charge in [-0.25, -0.2) is 13.4 Å². The molecule has 4 aromatic rings. The minimum Gasteiger partial charge on any atom is -0.282 e. The Bertz CT molecular complexity index is 1350. The first-order valence-electron chi connectivity index (χ1n) is 9.97. The molecule has 2 aromatic heterocycles. The van der Waals surface area contributed by atoms with Crippen molar-refractivity contribution >= 4 is 54.0 Å². The first-order chi connectivity index (χ1) is 15.3. The number of carbonyl (C=O) groups is 1. The van der Waals surface area contributed by atoms with Crippen LogP contribution in [0.1, 0.15) is 16.7 Å². The van der Waals surface area contributed by atoms with Crippen LogP contribution in [0.2, 0.25) is 0 Å². The van der Waals surface area contributed by atoms with Gasteiger partial charge >= 0.3 is 0 Å². The molecule has 1 amide bonds. The van der Waals surface area contributed by atoms with Crippen LogP contribution in [0.5, 0.6) is 0 Å². The van der Waals surface area contributed by atoms with Crippen LogP contribution in [0.15, 0.2) is 64.2 Å². The van der Waals surface area contributed by atoms with E-state index in [0.717, 1.165) is 42.5 Å². The lowest BCUT2D eigenvalue weighted by Gasteiger charge is -2.23. The third-order valence-corrected chi connectivity index (χ3v) is 9.45. The fourth-order valence-electron chi connectivity index (χ4n) is 3.43. The van der Waals surface area contributed by atoms with Crippen LogP contribution in [0.25, 0.3) is 10.2 Å². The Labute approximate surface area is 195 Å². The van der Waals surface area contributed by atoms with Crippen molar-refractivity contribution in [1.82, 2.24) is 9.29 Å². The van der Waals surface area contributed by atoms with Gasteiger partial charge in [-0.3, -0.25) is 9.69 Å². The largest absolute Gasteiger partial charge is 0.282 e. The van der Waals surface area contributed by atoms with Crippen molar-refractivity contribution in [3.63, 3.8) is 0 Å². The number of nitrogens with zero attached hydrogens (tertiary/aromatic N) is 3. The molecular formula is C23H23N3O3S3. The van der Waals surface area contributed by atoms with E-state index >= 15 is 0 Å². The molecular weight excluding hydrogens is 462 g/mol. The number of hydrogen-bond acceptors (Lipinski definition) is 6. The van der Waals surface area contributed by atoms with Gasteiger partial charge in [0.1, 0.15) is 4.21 Å². The van der Waals surface area contributed by atoms with Gasteiger partial charge in [0.2, 0.25) is 5.91 Å². The van der Waals surface area contributed by atoms with E-state index in [1.54, 1.807) is 22.4 Å². The first-order valence-corrected chi connectivity index (χ1v) is 13.1. The maximum atomic E-state index is 13.4. The molecule has 2 heterocycles. The number of sulfonamides is 1. The Balaban J connectivity index is 1.68. The van der Waals surface area contributed by atoms with Crippen LogP contribution in [0.3, 0.4) is 0 Å². The van der Waals surface area contributed by atoms with E-state index in [-0.39, 0.29) is 16.7 Å². The molecule has 0 saturated carbocycles. The van der Waals surface area contributed by atoms with Crippen LogP contribution in [-0.4, -0.2) is 37.2 Å². The number of aryl methyl sites for hydroxylation is 2. The monoisotopic (exact) mass is 485 g/mol. The van der Waals surface area contributed by atoms with E-state index < -0.39 is 10.0 Å². The van der Waals surface area contributed by atoms with Crippen molar-refractivity contribution in [3.05, 3.63) is 76.7 Å². The van der Waals surface area contributed by atoms with E-state index in [9.17, 15) is 13.2 Å². The predicted molar refractivity (Wildman–Crippen MR) is 131 cm³/mol. The summed E-state index contributed by atoms with van der Waals surface area (Å²) >= 11 is 2.58. The maximum Gasteiger partial charge on any atom is 0.252 e. The molecule has 0 unspecified atom stereocenters. The summed E-state index contributed by atoms with van der Waals surface area (Å²) in [5.74, 6) is -0.329. The van der Waals surface area contributed by atoms with Crippen LogP contribution < -0.4 is 4.90 Å². The summed E-state index contributed by atoms with van der Waals surface area (Å²) in [6, 6.07) is 16.9. The fraction of sp³-hybridized carbons (Fsp3) is 0.217. The molecule has 32 heavy (non-hydrogen) atoms. The molecule has 0 saturated heterocycles. The van der Waals surface area contributed by atoms with E-state index in [4.69, 9.17) is 4.98 Å². The number of rotatable bonds is 7. The Hall–Kier alpha value is -2.59. The van der Waals surface area contributed by atoms with Gasteiger partial charge in [-0.05, 0) is 48.1 Å². The molecule has 2 aromatic carbocycles. The molecule has 0 N–H and O–H groups in total. The van der Waals surface area contributed by atoms with Gasteiger partial charge in [0.25, 0.3) is 10.0 Å². The zero-order chi connectivity index (χ0) is 22.9. The molecule has 0 atom stereocenters. The van der Waals surface area contributed by atoms with Gasteiger partial charge in [-0.15, -0.1) is 11.3 Å². The molecule has 0 bridgehead atoms. The number of hydrogen-bond donors (Lipinski definition) is 0. The number of fused-ring (bicyclic) bond motifs is 1. The predicted octanol–water partition coefficient (Wildman–Crippen LogP) is 4.83. The zero-order valence-corrected chi connectivity index (χ0v) is 20.4. The lowest BCUT2D eigenvalue weighted by Crippen LogP contribution is -2.40. The van der Waals surface area contributed by atoms with E-state index in [0.29, 0.717) is 11.7 Å². The van der Waals surface area contributed by atoms with Crippen molar-refractivity contribution in [1.29, 1.82) is 0 Å². The zero-order valence-electron chi connectivity index (χ0n) is 18.0. The number of aromatic nitrogens is 1. The SMILES string of the molecule is Cc1cc(C)c2sc(N(Cc3ccccc3)C(=O)CN(C)S(=O)(=O)c3cccs3)nc2c1. The number of anilines is 1. The Morgan fingerprint density at radius 2 is 1.81 bits per heavy atom. The second-order valence-corrected chi connectivity index (χ2v) is 11.8. The number of carbonyl (C=O) groups excluding carboxylic acids is 1. The normalized spacial score (nSPS) is 11.9. The third kappa shape index (κ3) is 4.61. The minimum atomic E-state index is -3.73. The second-order valence-electron chi connectivity index (χ2n) is 7.59. The molecule has 0 aliphatic carbocycles. The van der Waals surface area contributed by atoms with Crippen molar-refractivity contribution < 1.29 is 13.2 Å². The highest BCUT2D eigenvalue weighted by Gasteiger charge is 2.28. The van der Waals surface area contributed by atoms with Gasteiger partial charge in [0.05, 0.1) is 23.3 Å². The summed E-state index contributed by atoms with van der Waals surface area (Å²) < 4.78 is 28.0. The second kappa shape index (κ2) is 9.11. The minimum absolute atomic E-state index is 0.216. The molecule has 0 radical (unpaired) electrons. The topological polar surface area (TPSA) is 70.6 Å². The Morgan fingerprint density at radius 3 is 2.50 bits per heavy atom. The summed E-state index contributed by atoms with van der Waals surface area (Å²) in [6.07, 6.45) is 0. The van der Waals surface area contributed by atoms with Crippen LogP contribution in [0.4, 0.5) is 5.13 Å². The van der Waals surface area contributed by atoms with Crippen molar-refractivity contribution in [3.8, 4) is 0 Å². The molecule has 166 valence electrons. The molecule has 6 nitrogen and oxygen atoms in total. The highest BCUT2D eigenvalue weighted by Crippen LogP contribution is 2.33. The van der Waals surface area contributed by atoms with Crippen LogP contribution in [0, 0.1) is 13.8 Å². The summed E-state index contributed by atoms with van der Waals surface area (Å²) in [4.78, 5) is 19.7. The van der Waals surface area contributed by atoms with Crippen LogP contribution in [-0.2, 0) is 21.4 Å². The third-order valence-electron chi connectivity index (χ3n) is 5.04. The summed E-state index contributed by atoms with van der Waals surface area (Å²) in [5.41, 5.74) is 3.99. The van der Waals surface area contributed by atoms with Gasteiger partial charge in [0.15, 0.2) is 5.13 Å². The summed E-state index contributed by atoms with van der Waals surface area (Å²) in [7, 11) is -2.30. The molecule has 0 aliphatic heterocycles. The van der Waals surface area contributed by atoms with Gasteiger partial charge in [-0.2, -0.15) is 4.31 Å². The molecule has 4 rings (SSSR count). The van der Waals surface area contributed by atoms with E-state index in [2.05, 4.69) is 6.07 Å². The van der Waals surface area contributed by atoms with Gasteiger partial charge in [-0.1, -0.05) is 53.8 Å². The van der Waals surface area contributed by atoms with Crippen molar-refractivity contribution in [2.24, 2.45) is 0 Å². The standard InChI is InChI=1S/C23H23N3O3S3/c1-16-12-17(2)22-19(13-16)24-23(31-22)26(14-18-8-5-4-6-9-18)20(27)15-25(3)32(28,29)21-10-7-11-30-21/h4-13H,14-15H2,1-3H3. The molecule has 0 fully saturated rings. The molecule has 0 aliphatic rings.